The Balaban J connectivity index is 2.01. The molecule has 0 radical (unpaired) electrons. The average molecular weight is 291 g/mol. The average Bonchev–Trinajstić information content (AvgIpc) is 2.95. The van der Waals surface area contributed by atoms with Gasteiger partial charge in [0.15, 0.2) is 0 Å². The number of ether oxygens (including phenoxy) is 1. The summed E-state index contributed by atoms with van der Waals surface area (Å²) in [6.07, 6.45) is 2.50. The highest BCUT2D eigenvalue weighted by Crippen LogP contribution is 2.23. The van der Waals surface area contributed by atoms with E-state index in [0.717, 1.165) is 12.2 Å². The third-order valence-electron chi connectivity index (χ3n) is 3.02. The van der Waals surface area contributed by atoms with E-state index in [-0.39, 0.29) is 5.69 Å². The van der Waals surface area contributed by atoms with E-state index >= 15 is 0 Å². The number of hydrogen-bond donors (Lipinski definition) is 1. The molecule has 1 heterocycles. The fourth-order valence-corrected chi connectivity index (χ4v) is 1.91. The van der Waals surface area contributed by atoms with Crippen LogP contribution in [0.4, 0.5) is 5.69 Å². The van der Waals surface area contributed by atoms with Gasteiger partial charge in [-0.2, -0.15) is 0 Å². The molecule has 1 aromatic carbocycles. The number of hydrogen-bond acceptors (Lipinski definition) is 6. The zero-order chi connectivity index (χ0) is 15.2. The largest absolute Gasteiger partial charge is 0.496 e. The first kappa shape index (κ1) is 15.0. The minimum Gasteiger partial charge on any atom is -0.496 e. The molecule has 0 spiro atoms. The summed E-state index contributed by atoms with van der Waals surface area (Å²) in [6.45, 7) is 2.87. The maximum Gasteiger partial charge on any atom is 0.270 e. The van der Waals surface area contributed by atoms with Crippen molar-refractivity contribution in [1.29, 1.82) is 0 Å². The zero-order valence-corrected chi connectivity index (χ0v) is 12.0. The first-order chi connectivity index (χ1) is 10.1. The number of nitro groups is 1. The highest BCUT2D eigenvalue weighted by molar-refractivity contribution is 5.43. The minimum absolute atomic E-state index is 0.0389. The number of aryl methyl sites for hydroxylation is 1. The molecule has 7 nitrogen and oxygen atoms in total. The van der Waals surface area contributed by atoms with Gasteiger partial charge in [-0.1, -0.05) is 6.92 Å². The molecule has 0 atom stereocenters. The fourth-order valence-electron chi connectivity index (χ4n) is 1.91. The number of non-ortho nitro benzene ring substituents is 1. The van der Waals surface area contributed by atoms with Crippen LogP contribution >= 0.6 is 0 Å². The van der Waals surface area contributed by atoms with Crippen LogP contribution in [0, 0.1) is 10.1 Å². The smallest absolute Gasteiger partial charge is 0.270 e. The number of oxazole rings is 1. The number of nitrogens with one attached hydrogen (secondary N) is 1. The van der Waals surface area contributed by atoms with E-state index in [1.807, 2.05) is 6.92 Å². The normalized spacial score (nSPS) is 10.6. The van der Waals surface area contributed by atoms with Gasteiger partial charge in [0.25, 0.3) is 5.69 Å². The van der Waals surface area contributed by atoms with Gasteiger partial charge in [-0.05, 0) is 6.07 Å². The van der Waals surface area contributed by atoms with Crippen molar-refractivity contribution in [1.82, 2.24) is 10.3 Å². The number of benzene rings is 1. The van der Waals surface area contributed by atoms with Crippen LogP contribution in [0.3, 0.4) is 0 Å². The lowest BCUT2D eigenvalue weighted by atomic mass is 10.1. The molecule has 7 heteroatoms. The molecule has 21 heavy (non-hydrogen) atoms. The molecule has 0 amide bonds. The maximum absolute atomic E-state index is 10.8. The Morgan fingerprint density at radius 1 is 1.43 bits per heavy atom. The molecule has 0 aliphatic rings. The van der Waals surface area contributed by atoms with Crippen molar-refractivity contribution in [2.24, 2.45) is 0 Å². The van der Waals surface area contributed by atoms with Gasteiger partial charge in [0.1, 0.15) is 11.5 Å². The molecule has 1 aromatic heterocycles. The third-order valence-corrected chi connectivity index (χ3v) is 3.02. The van der Waals surface area contributed by atoms with Crippen LogP contribution in [-0.4, -0.2) is 17.0 Å². The summed E-state index contributed by atoms with van der Waals surface area (Å²) in [4.78, 5) is 14.5. The second-order valence-corrected chi connectivity index (χ2v) is 4.43. The monoisotopic (exact) mass is 291 g/mol. The quantitative estimate of drug-likeness (QED) is 0.622. The second kappa shape index (κ2) is 6.85. The Bertz CT molecular complexity index is 624. The minimum atomic E-state index is -0.426. The standard InChI is InChI=1S/C14H17N3O4/c1-3-12-8-16-14(21-12)9-15-7-10-6-11(17(18)19)4-5-13(10)20-2/h4-6,8,15H,3,7,9H2,1-2H3. The van der Waals surface area contributed by atoms with E-state index < -0.39 is 4.92 Å². The predicted molar refractivity (Wildman–Crippen MR) is 76.1 cm³/mol. The van der Waals surface area contributed by atoms with E-state index in [1.54, 1.807) is 12.3 Å². The molecule has 112 valence electrons. The van der Waals surface area contributed by atoms with E-state index in [9.17, 15) is 10.1 Å². The van der Waals surface area contributed by atoms with E-state index in [1.165, 1.54) is 19.2 Å². The SMILES string of the molecule is CCc1cnc(CNCc2cc([N+](=O)[O-])ccc2OC)o1. The number of methoxy groups -OCH3 is 1. The van der Waals surface area contributed by atoms with Crippen molar-refractivity contribution in [2.75, 3.05) is 7.11 Å². The van der Waals surface area contributed by atoms with Crippen molar-refractivity contribution in [3.8, 4) is 5.75 Å². The Labute approximate surface area is 122 Å². The number of nitrogens with zero attached hydrogens (tertiary/aromatic N) is 2. The van der Waals surface area contributed by atoms with Gasteiger partial charge in [-0.25, -0.2) is 4.98 Å². The lowest BCUT2D eigenvalue weighted by Crippen LogP contribution is -2.13. The Morgan fingerprint density at radius 2 is 2.24 bits per heavy atom. The lowest BCUT2D eigenvalue weighted by Gasteiger charge is -2.08. The summed E-state index contributed by atoms with van der Waals surface area (Å²) in [6, 6.07) is 4.51. The van der Waals surface area contributed by atoms with Crippen LogP contribution in [0.25, 0.3) is 0 Å². The van der Waals surface area contributed by atoms with E-state index in [2.05, 4.69) is 10.3 Å². The van der Waals surface area contributed by atoms with Crippen LogP contribution in [0.1, 0.15) is 24.1 Å². The van der Waals surface area contributed by atoms with Gasteiger partial charge < -0.3 is 14.5 Å². The molecule has 0 saturated carbocycles. The molecule has 2 aromatic rings. The summed E-state index contributed by atoms with van der Waals surface area (Å²) in [5.41, 5.74) is 0.756. The molecule has 0 saturated heterocycles. The number of aromatic nitrogens is 1. The third kappa shape index (κ3) is 3.79. The summed E-state index contributed by atoms with van der Waals surface area (Å²) in [5, 5.41) is 13.9. The summed E-state index contributed by atoms with van der Waals surface area (Å²) < 4.78 is 10.7. The molecule has 0 unspecified atom stereocenters. The highest BCUT2D eigenvalue weighted by atomic mass is 16.6. The first-order valence-corrected chi connectivity index (χ1v) is 6.59. The topological polar surface area (TPSA) is 90.4 Å². The van der Waals surface area contributed by atoms with Gasteiger partial charge in [-0.15, -0.1) is 0 Å². The van der Waals surface area contributed by atoms with Crippen LogP contribution in [0.15, 0.2) is 28.8 Å². The van der Waals surface area contributed by atoms with Gasteiger partial charge >= 0.3 is 0 Å². The first-order valence-electron chi connectivity index (χ1n) is 6.59. The van der Waals surface area contributed by atoms with Gasteiger partial charge in [0, 0.05) is 30.7 Å². The molecular weight excluding hydrogens is 274 g/mol. The van der Waals surface area contributed by atoms with E-state index in [4.69, 9.17) is 9.15 Å². The summed E-state index contributed by atoms with van der Waals surface area (Å²) >= 11 is 0. The maximum atomic E-state index is 10.8. The van der Waals surface area contributed by atoms with Crippen molar-refractivity contribution in [3.63, 3.8) is 0 Å². The molecule has 0 aliphatic carbocycles. The Kier molecular flexibility index (Phi) is 4.89. The summed E-state index contributed by atoms with van der Waals surface area (Å²) in [7, 11) is 1.53. The second-order valence-electron chi connectivity index (χ2n) is 4.43. The highest BCUT2D eigenvalue weighted by Gasteiger charge is 2.11. The van der Waals surface area contributed by atoms with Crippen LogP contribution < -0.4 is 10.1 Å². The molecule has 0 fully saturated rings. The Morgan fingerprint density at radius 3 is 2.86 bits per heavy atom. The van der Waals surface area contributed by atoms with E-state index in [0.29, 0.717) is 30.3 Å². The predicted octanol–water partition coefficient (Wildman–Crippen LogP) is 2.44. The fraction of sp³-hybridized carbons (Fsp3) is 0.357. The van der Waals surface area contributed by atoms with Gasteiger partial charge in [-0.3, -0.25) is 10.1 Å². The Hall–Kier alpha value is -2.41. The lowest BCUT2D eigenvalue weighted by molar-refractivity contribution is -0.384. The van der Waals surface area contributed by atoms with Crippen molar-refractivity contribution < 1.29 is 14.1 Å². The molecule has 0 aliphatic heterocycles. The van der Waals surface area contributed by atoms with Gasteiger partial charge in [0.05, 0.1) is 24.8 Å². The molecule has 2 rings (SSSR count). The summed E-state index contributed by atoms with van der Waals surface area (Å²) in [5.74, 6) is 2.03. The van der Waals surface area contributed by atoms with Crippen molar-refractivity contribution in [2.45, 2.75) is 26.4 Å². The van der Waals surface area contributed by atoms with Crippen LogP contribution in [-0.2, 0) is 19.5 Å². The molecule has 1 N–H and O–H groups in total. The van der Waals surface area contributed by atoms with Crippen molar-refractivity contribution >= 4 is 5.69 Å². The molecule has 0 bridgehead atoms. The number of rotatable bonds is 7. The van der Waals surface area contributed by atoms with Crippen LogP contribution in [0.5, 0.6) is 5.75 Å². The van der Waals surface area contributed by atoms with Crippen LogP contribution in [0.2, 0.25) is 0 Å². The number of nitro benzene ring substituents is 1. The zero-order valence-electron chi connectivity index (χ0n) is 12.0. The molecular formula is C14H17N3O4. The van der Waals surface area contributed by atoms with Crippen molar-refractivity contribution in [3.05, 3.63) is 51.7 Å². The van der Waals surface area contributed by atoms with Gasteiger partial charge in [0.2, 0.25) is 5.89 Å².